The second-order valence-corrected chi connectivity index (χ2v) is 15.5. The zero-order chi connectivity index (χ0) is 59.2. The Morgan fingerprint density at radius 3 is 0.487 bits per heavy atom. The van der Waals surface area contributed by atoms with Crippen molar-refractivity contribution in [2.75, 3.05) is 33.0 Å². The van der Waals surface area contributed by atoms with Crippen LogP contribution in [0.4, 0.5) is 0 Å². The van der Waals surface area contributed by atoms with Crippen molar-refractivity contribution >= 4 is 88.6 Å². The van der Waals surface area contributed by atoms with Gasteiger partial charge < -0.3 is 73.2 Å². The van der Waals surface area contributed by atoms with E-state index >= 15 is 0 Å². The number of hydrogen-bond acceptors (Lipinski definition) is 25. The third-order valence-corrected chi connectivity index (χ3v) is 7.62. The summed E-state index contributed by atoms with van der Waals surface area (Å²) in [6, 6.07) is 0. The Kier molecular flexibility index (Phi) is 52.2. The van der Waals surface area contributed by atoms with E-state index in [9.17, 15) is 97.5 Å². The van der Waals surface area contributed by atoms with Crippen LogP contribution in [0, 0.1) is 0 Å². The topological polar surface area (TPSA) is 418 Å². The summed E-state index contributed by atoms with van der Waals surface area (Å²) in [6.45, 7) is 24.9. The molecule has 25 nitrogen and oxygen atoms in total. The molecule has 0 spiro atoms. The molecular formula is C50H65O25Ta. The molecule has 0 aliphatic carbocycles. The van der Waals surface area contributed by atoms with Gasteiger partial charge in [-0.15, -0.1) is 0 Å². The maximum absolute atomic E-state index is 10.9. The van der Waals surface area contributed by atoms with Crippen LogP contribution >= 0.6 is 0 Å². The van der Waals surface area contributed by atoms with Gasteiger partial charge >= 0.3 is 52.2 Å². The number of ketones is 5. The molecule has 420 valence electrons. The Balaban J connectivity index is -0.000000201. The minimum atomic E-state index is -1.39. The summed E-state index contributed by atoms with van der Waals surface area (Å²) in [6.07, 6.45) is -1.06. The molecular weight excluding hydrogens is 1180 g/mol. The van der Waals surface area contributed by atoms with Gasteiger partial charge in [-0.2, -0.15) is 0 Å². The fourth-order valence-corrected chi connectivity index (χ4v) is 4.03. The van der Waals surface area contributed by atoms with Crippen LogP contribution < -0.4 is 25.5 Å². The second kappa shape index (κ2) is 49.7. The van der Waals surface area contributed by atoms with Crippen LogP contribution in [-0.4, -0.2) is 122 Å². The Labute approximate surface area is 455 Å². The molecule has 76 heavy (non-hydrogen) atoms. The molecule has 0 fully saturated rings. The van der Waals surface area contributed by atoms with Gasteiger partial charge in [-0.25, -0.2) is 24.0 Å². The van der Waals surface area contributed by atoms with E-state index < -0.39 is 121 Å². The summed E-state index contributed by atoms with van der Waals surface area (Å²) < 4.78 is 23.5. The van der Waals surface area contributed by atoms with Gasteiger partial charge in [0.1, 0.15) is 28.9 Å². The second-order valence-electron chi connectivity index (χ2n) is 15.5. The van der Waals surface area contributed by atoms with E-state index in [0.717, 1.165) is 0 Å². The van der Waals surface area contributed by atoms with Crippen LogP contribution in [0.5, 0.6) is 0 Å². The summed E-state index contributed by atoms with van der Waals surface area (Å²) in [5.74, 6) is -11.7. The number of carbonyl (C=O) groups excluding carboxylic acids is 15. The van der Waals surface area contributed by atoms with Gasteiger partial charge in [-0.3, -0.25) is 24.0 Å². The molecule has 0 rings (SSSR count). The molecule has 0 aromatic heterocycles. The molecule has 0 radical (unpaired) electrons. The van der Waals surface area contributed by atoms with Gasteiger partial charge in [0, 0.05) is 122 Å². The molecule has 26 heteroatoms. The summed E-state index contributed by atoms with van der Waals surface area (Å²) in [5, 5.41) is 50.1. The van der Waals surface area contributed by atoms with Crippen molar-refractivity contribution in [1.29, 1.82) is 0 Å². The number of hydrogen-bond donors (Lipinski definition) is 0. The van der Waals surface area contributed by atoms with Crippen LogP contribution in [0.2, 0.25) is 0 Å². The van der Waals surface area contributed by atoms with Crippen LogP contribution in [0.25, 0.3) is 0 Å². The predicted molar refractivity (Wildman–Crippen MR) is 248 cm³/mol. The van der Waals surface area contributed by atoms with Gasteiger partial charge in [0.25, 0.3) is 0 Å². The minimum absolute atomic E-state index is 0. The Bertz CT molecular complexity index is 1740. The zero-order valence-electron chi connectivity index (χ0n) is 43.3. The number of carboxylic acid groups (broad SMARTS) is 5. The first-order chi connectivity index (χ1) is 34.7. The fourth-order valence-electron chi connectivity index (χ4n) is 4.03. The summed E-state index contributed by atoms with van der Waals surface area (Å²) in [4.78, 5) is 159. The Morgan fingerprint density at radius 1 is 0.276 bits per heavy atom. The third kappa shape index (κ3) is 62.6. The smallest absolute Gasteiger partial charge is 0.550 e. The molecule has 0 aliphatic rings. The normalized spacial score (nSPS) is 9.28. The molecule has 0 saturated carbocycles. The average Bonchev–Trinajstić information content (AvgIpc) is 3.27. The summed E-state index contributed by atoms with van der Waals surface area (Å²) in [7, 11) is 0. The van der Waals surface area contributed by atoms with Crippen LogP contribution in [0.3, 0.4) is 0 Å². The maximum Gasteiger partial charge on any atom is 5.00 e. The van der Waals surface area contributed by atoms with Crippen LogP contribution in [0.15, 0.2) is 60.8 Å². The molecule has 0 aromatic carbocycles. The molecule has 0 unspecified atom stereocenters. The van der Waals surface area contributed by atoms with E-state index in [-0.39, 0.29) is 115 Å². The third-order valence-electron chi connectivity index (χ3n) is 7.62. The van der Waals surface area contributed by atoms with Gasteiger partial charge in [0.2, 0.25) is 0 Å². The van der Waals surface area contributed by atoms with Gasteiger partial charge in [0.15, 0.2) is 0 Å². The van der Waals surface area contributed by atoms with E-state index in [0.29, 0.717) is 32.1 Å². The molecule has 0 aliphatic heterocycles. The number of carbonyl (C=O) groups is 15. The molecule has 0 aromatic rings. The first-order valence-corrected chi connectivity index (χ1v) is 22.4. The van der Waals surface area contributed by atoms with Gasteiger partial charge in [-0.1, -0.05) is 32.9 Å². The number of rotatable bonds is 35. The molecule has 0 atom stereocenters. The first kappa shape index (κ1) is 79.9. The molecule has 0 saturated heterocycles. The molecule has 0 N–H and O–H groups in total. The van der Waals surface area contributed by atoms with E-state index in [1.807, 2.05) is 0 Å². The van der Waals surface area contributed by atoms with E-state index in [1.165, 1.54) is 34.6 Å². The maximum atomic E-state index is 10.9. The van der Waals surface area contributed by atoms with E-state index in [2.05, 4.69) is 32.9 Å². The fraction of sp³-hybridized carbons (Fsp3) is 0.500. The number of Topliss-reactive ketones (excluding diaryl/α,β-unsaturated/α-hetero) is 5. The predicted octanol–water partition coefficient (Wildman–Crippen LogP) is -2.03. The SMILES string of the molecule is C=C(C)C(=O)OCCCC(=O)CC(=O)[O-].C=C(C)C(=O)OCCCC(=O)CC(=O)[O-].C=C(C)C(=O)OCCCC(=O)CC(=O)[O-].C=C(C)C(=O)OCCCC(=O)CC(=O)[O-].C=C(C)C(=O)OCCCC(=O)CC(=O)[O-].[Ta+5]. The number of esters is 5. The van der Waals surface area contributed by atoms with Crippen molar-refractivity contribution in [2.45, 2.75) is 131 Å². The van der Waals surface area contributed by atoms with Crippen LogP contribution in [-0.2, 0) is 118 Å². The Hall–Kier alpha value is -7.51. The van der Waals surface area contributed by atoms with Crippen molar-refractivity contribution in [3.8, 4) is 0 Å². The molecule has 0 heterocycles. The molecule has 0 amide bonds. The van der Waals surface area contributed by atoms with Crippen molar-refractivity contribution in [3.05, 3.63) is 60.8 Å². The zero-order valence-corrected chi connectivity index (χ0v) is 46.5. The Morgan fingerprint density at radius 2 is 0.395 bits per heavy atom. The number of aliphatic carboxylic acids is 5. The summed E-state index contributed by atoms with van der Waals surface area (Å²) >= 11 is 0. The molecule has 0 bridgehead atoms. The standard InChI is InChI=1S/5C10H14O5.Ta/c5*1-7(2)10(14)15-5-3-4-8(11)6-9(12)13;/h5*1,3-6H2,2H3,(H,12,13);/q;;;;;+5/p-5. The minimum Gasteiger partial charge on any atom is -0.550 e. The van der Waals surface area contributed by atoms with Crippen molar-refractivity contribution < 1.29 is 144 Å². The van der Waals surface area contributed by atoms with Crippen molar-refractivity contribution in [2.24, 2.45) is 0 Å². The van der Waals surface area contributed by atoms with Crippen LogP contribution in [0.1, 0.15) is 131 Å². The summed E-state index contributed by atoms with van der Waals surface area (Å²) in [5.41, 5.74) is 1.44. The quantitative estimate of drug-likeness (QED) is 0.0217. The largest absolute Gasteiger partial charge is 5.00 e. The van der Waals surface area contributed by atoms with Gasteiger partial charge in [-0.05, 0) is 66.7 Å². The van der Waals surface area contributed by atoms with Crippen molar-refractivity contribution in [3.63, 3.8) is 0 Å². The first-order valence-electron chi connectivity index (χ1n) is 22.4. The average molecular weight is 1250 g/mol. The van der Waals surface area contributed by atoms with Gasteiger partial charge in [0.05, 0.1) is 33.0 Å². The number of ether oxygens (including phenoxy) is 5. The van der Waals surface area contributed by atoms with E-state index in [1.54, 1.807) is 0 Å². The van der Waals surface area contributed by atoms with Crippen molar-refractivity contribution in [1.82, 2.24) is 0 Å². The number of carboxylic acids is 5. The monoisotopic (exact) mass is 1250 g/mol. The van der Waals surface area contributed by atoms with E-state index in [4.69, 9.17) is 23.7 Å².